The van der Waals surface area contributed by atoms with Crippen LogP contribution in [0.1, 0.15) is 43.2 Å². The van der Waals surface area contributed by atoms with Crippen LogP contribution in [0.4, 0.5) is 0 Å². The molecule has 0 saturated heterocycles. The van der Waals surface area contributed by atoms with Crippen molar-refractivity contribution in [1.82, 2.24) is 9.55 Å². The number of aromatic nitrogens is 2. The lowest BCUT2D eigenvalue weighted by Crippen LogP contribution is -2.51. The van der Waals surface area contributed by atoms with E-state index in [1.54, 1.807) is 17.0 Å². The molecule has 0 amide bonds. The predicted molar refractivity (Wildman–Crippen MR) is 62.1 cm³/mol. The van der Waals surface area contributed by atoms with E-state index >= 15 is 0 Å². The van der Waals surface area contributed by atoms with Gasteiger partial charge in [0.05, 0.1) is 5.54 Å². The summed E-state index contributed by atoms with van der Waals surface area (Å²) < 4.78 is 1.75. The summed E-state index contributed by atoms with van der Waals surface area (Å²) in [7, 11) is 1.83. The number of ketones is 1. The molecule has 1 fully saturated rings. The Morgan fingerprint density at radius 1 is 1.69 bits per heavy atom. The second-order valence-electron chi connectivity index (χ2n) is 5.05. The maximum absolute atomic E-state index is 12.3. The van der Waals surface area contributed by atoms with Gasteiger partial charge in [0.25, 0.3) is 0 Å². The van der Waals surface area contributed by atoms with Crippen molar-refractivity contribution in [3.05, 3.63) is 18.2 Å². The number of aryl methyl sites for hydroxylation is 1. The predicted octanol–water partition coefficient (Wildman–Crippen LogP) is 1.51. The summed E-state index contributed by atoms with van der Waals surface area (Å²) in [6.45, 7) is 2.16. The van der Waals surface area contributed by atoms with Gasteiger partial charge in [-0.1, -0.05) is 19.8 Å². The summed E-state index contributed by atoms with van der Waals surface area (Å²) in [6, 6.07) is 0. The smallest absolute Gasteiger partial charge is 0.217 e. The third-order valence-corrected chi connectivity index (χ3v) is 3.51. The van der Waals surface area contributed by atoms with Crippen molar-refractivity contribution in [2.45, 2.75) is 38.1 Å². The Hall–Kier alpha value is -1.16. The van der Waals surface area contributed by atoms with Gasteiger partial charge in [0.15, 0.2) is 5.82 Å². The number of hydrogen-bond acceptors (Lipinski definition) is 3. The Bertz CT molecular complexity index is 399. The number of hydrogen-bond donors (Lipinski definition) is 1. The van der Waals surface area contributed by atoms with Crippen LogP contribution < -0.4 is 5.73 Å². The molecule has 2 rings (SSSR count). The van der Waals surface area contributed by atoms with E-state index in [4.69, 9.17) is 5.73 Å². The molecule has 1 aliphatic carbocycles. The first-order valence-corrected chi connectivity index (χ1v) is 5.84. The summed E-state index contributed by atoms with van der Waals surface area (Å²) in [5.41, 5.74) is 5.55. The van der Waals surface area contributed by atoms with Crippen LogP contribution in [0.5, 0.6) is 0 Å². The van der Waals surface area contributed by atoms with Crippen molar-refractivity contribution in [1.29, 1.82) is 0 Å². The average molecular weight is 221 g/mol. The molecule has 4 heteroatoms. The van der Waals surface area contributed by atoms with Crippen LogP contribution in [0.2, 0.25) is 0 Å². The van der Waals surface area contributed by atoms with E-state index in [1.165, 1.54) is 6.42 Å². The summed E-state index contributed by atoms with van der Waals surface area (Å²) in [4.78, 5) is 16.4. The highest BCUT2D eigenvalue weighted by Gasteiger charge is 2.39. The third-order valence-electron chi connectivity index (χ3n) is 3.51. The Morgan fingerprint density at radius 3 is 3.00 bits per heavy atom. The van der Waals surface area contributed by atoms with Gasteiger partial charge in [0.1, 0.15) is 0 Å². The lowest BCUT2D eigenvalue weighted by atomic mass is 9.74. The second kappa shape index (κ2) is 4.01. The molecule has 1 heterocycles. The lowest BCUT2D eigenvalue weighted by molar-refractivity contribution is 0.0805. The van der Waals surface area contributed by atoms with Gasteiger partial charge < -0.3 is 10.3 Å². The summed E-state index contributed by atoms with van der Waals surface area (Å²) in [5.74, 6) is 1.01. The molecule has 16 heavy (non-hydrogen) atoms. The molecule has 0 bridgehead atoms. The standard InChI is InChI=1S/C12H19N3O/c1-9-4-3-5-12(13,8-9)10(16)11-14-6-7-15(11)2/h6-7,9H,3-5,8,13H2,1-2H3. The van der Waals surface area contributed by atoms with E-state index in [0.717, 1.165) is 19.3 Å². The molecule has 2 unspecified atom stereocenters. The Morgan fingerprint density at radius 2 is 2.44 bits per heavy atom. The van der Waals surface area contributed by atoms with Crippen LogP contribution in [0.3, 0.4) is 0 Å². The topological polar surface area (TPSA) is 60.9 Å². The fourth-order valence-corrected chi connectivity index (χ4v) is 2.61. The minimum absolute atomic E-state index is 0.00782. The molecule has 1 aromatic heterocycles. The van der Waals surface area contributed by atoms with Crippen LogP contribution in [0.15, 0.2) is 12.4 Å². The van der Waals surface area contributed by atoms with Gasteiger partial charge in [-0.3, -0.25) is 4.79 Å². The highest BCUT2D eigenvalue weighted by molar-refractivity contribution is 6.00. The van der Waals surface area contributed by atoms with E-state index in [-0.39, 0.29) is 5.78 Å². The van der Waals surface area contributed by atoms with E-state index in [2.05, 4.69) is 11.9 Å². The molecule has 2 atom stereocenters. The first kappa shape index (κ1) is 11.3. The zero-order chi connectivity index (χ0) is 11.8. The van der Waals surface area contributed by atoms with Gasteiger partial charge in [-0.2, -0.15) is 0 Å². The minimum Gasteiger partial charge on any atom is -0.332 e. The van der Waals surface area contributed by atoms with E-state index in [9.17, 15) is 4.79 Å². The highest BCUT2D eigenvalue weighted by atomic mass is 16.1. The first-order chi connectivity index (χ1) is 7.53. The van der Waals surface area contributed by atoms with Crippen LogP contribution in [-0.2, 0) is 7.05 Å². The van der Waals surface area contributed by atoms with E-state index in [0.29, 0.717) is 11.7 Å². The van der Waals surface area contributed by atoms with Gasteiger partial charge in [-0.05, 0) is 18.8 Å². The zero-order valence-corrected chi connectivity index (χ0v) is 9.94. The van der Waals surface area contributed by atoms with Gasteiger partial charge >= 0.3 is 0 Å². The molecule has 1 saturated carbocycles. The fourth-order valence-electron chi connectivity index (χ4n) is 2.61. The number of nitrogens with zero attached hydrogens (tertiary/aromatic N) is 2. The molecule has 4 nitrogen and oxygen atoms in total. The molecule has 1 aromatic rings. The Kier molecular flexibility index (Phi) is 2.84. The van der Waals surface area contributed by atoms with Crippen molar-refractivity contribution in [2.75, 3.05) is 0 Å². The number of rotatable bonds is 2. The highest BCUT2D eigenvalue weighted by Crippen LogP contribution is 2.32. The minimum atomic E-state index is -0.698. The number of nitrogens with two attached hydrogens (primary N) is 1. The molecule has 0 spiro atoms. The van der Waals surface area contributed by atoms with Crippen molar-refractivity contribution in [2.24, 2.45) is 18.7 Å². The van der Waals surface area contributed by atoms with Crippen LogP contribution >= 0.6 is 0 Å². The molecular weight excluding hydrogens is 202 g/mol. The van der Waals surface area contributed by atoms with Gasteiger partial charge in [0.2, 0.25) is 5.78 Å². The monoisotopic (exact) mass is 221 g/mol. The fraction of sp³-hybridized carbons (Fsp3) is 0.667. The summed E-state index contributed by atoms with van der Waals surface area (Å²) in [6.07, 6.45) is 7.19. The third kappa shape index (κ3) is 1.89. The Balaban J connectivity index is 2.24. The van der Waals surface area contributed by atoms with Crippen LogP contribution in [-0.4, -0.2) is 20.9 Å². The molecule has 1 aliphatic rings. The quantitative estimate of drug-likeness (QED) is 0.770. The molecule has 2 N–H and O–H groups in total. The van der Waals surface area contributed by atoms with E-state index < -0.39 is 5.54 Å². The van der Waals surface area contributed by atoms with Crippen molar-refractivity contribution in [3.8, 4) is 0 Å². The SMILES string of the molecule is CC1CCCC(N)(C(=O)c2nccn2C)C1. The van der Waals surface area contributed by atoms with E-state index in [1.807, 2.05) is 7.05 Å². The maximum Gasteiger partial charge on any atom is 0.217 e. The lowest BCUT2D eigenvalue weighted by Gasteiger charge is -2.34. The van der Waals surface area contributed by atoms with Crippen LogP contribution in [0, 0.1) is 5.92 Å². The normalized spacial score (nSPS) is 30.3. The number of Topliss-reactive ketones (excluding diaryl/α,β-unsaturated/α-hetero) is 1. The van der Waals surface area contributed by atoms with Crippen molar-refractivity contribution >= 4 is 5.78 Å². The molecule has 0 aliphatic heterocycles. The zero-order valence-electron chi connectivity index (χ0n) is 9.94. The van der Waals surface area contributed by atoms with Gasteiger partial charge in [0, 0.05) is 19.4 Å². The molecule has 88 valence electrons. The summed E-state index contributed by atoms with van der Waals surface area (Å²) >= 11 is 0. The average Bonchev–Trinajstić information content (AvgIpc) is 2.63. The van der Waals surface area contributed by atoms with Crippen molar-refractivity contribution < 1.29 is 4.79 Å². The molecule has 0 radical (unpaired) electrons. The van der Waals surface area contributed by atoms with Gasteiger partial charge in [-0.25, -0.2) is 4.98 Å². The number of carbonyl (C=O) groups is 1. The molecule has 0 aromatic carbocycles. The first-order valence-electron chi connectivity index (χ1n) is 5.84. The van der Waals surface area contributed by atoms with Crippen LogP contribution in [0.25, 0.3) is 0 Å². The van der Waals surface area contributed by atoms with Crippen molar-refractivity contribution in [3.63, 3.8) is 0 Å². The van der Waals surface area contributed by atoms with Gasteiger partial charge in [-0.15, -0.1) is 0 Å². The maximum atomic E-state index is 12.3. The number of carbonyl (C=O) groups excluding carboxylic acids is 1. The summed E-state index contributed by atoms with van der Waals surface area (Å²) in [5, 5.41) is 0. The Labute approximate surface area is 95.9 Å². The number of imidazole rings is 1. The molecular formula is C12H19N3O. The largest absolute Gasteiger partial charge is 0.332 e. The second-order valence-corrected chi connectivity index (χ2v) is 5.05.